The van der Waals surface area contributed by atoms with Gasteiger partial charge in [0.1, 0.15) is 0 Å². The molecule has 2 rings (SSSR count). The summed E-state index contributed by atoms with van der Waals surface area (Å²) in [5, 5.41) is 8.76. The van der Waals surface area contributed by atoms with E-state index < -0.39 is 11.5 Å². The molecule has 1 aliphatic heterocycles. The molecule has 0 bridgehead atoms. The third-order valence-corrected chi connectivity index (χ3v) is 4.06. The maximum absolute atomic E-state index is 12.4. The highest BCUT2D eigenvalue weighted by atomic mass is 16.4. The van der Waals surface area contributed by atoms with Crippen LogP contribution >= 0.6 is 0 Å². The van der Waals surface area contributed by atoms with Crippen molar-refractivity contribution < 1.29 is 19.5 Å². The van der Waals surface area contributed by atoms with Gasteiger partial charge in [-0.05, 0) is 33.1 Å². The van der Waals surface area contributed by atoms with Crippen LogP contribution in [0.25, 0.3) is 0 Å². The summed E-state index contributed by atoms with van der Waals surface area (Å²) >= 11 is 0. The Kier molecular flexibility index (Phi) is 3.47. The molecule has 0 radical (unpaired) electrons. The minimum Gasteiger partial charge on any atom is -0.481 e. The number of hydrogen-bond acceptors (Lipinski definition) is 3. The number of carboxylic acids is 1. The first-order valence-electron chi connectivity index (χ1n) is 6.59. The summed E-state index contributed by atoms with van der Waals surface area (Å²) in [5.41, 5.74) is -0.732. The van der Waals surface area contributed by atoms with E-state index in [0.717, 1.165) is 0 Å². The number of likely N-dealkylation sites (tertiary alicyclic amines) is 1. The lowest BCUT2D eigenvalue weighted by molar-refractivity contribution is -0.148. The van der Waals surface area contributed by atoms with Crippen LogP contribution < -0.4 is 0 Å². The van der Waals surface area contributed by atoms with E-state index >= 15 is 0 Å². The monoisotopic (exact) mass is 265 g/mol. The van der Waals surface area contributed by atoms with E-state index in [1.165, 1.54) is 4.90 Å². The standard InChI is InChI=1S/C14H19NO4/c1-14(2,8-7-11(16)17)15-12(18)9-5-3-4-6-10(9)13(15)19/h3-4,9-10H,5-8H2,1-2H3,(H,16,17)/t9-,10+. The van der Waals surface area contributed by atoms with Gasteiger partial charge < -0.3 is 5.11 Å². The molecule has 2 amide bonds. The molecule has 0 spiro atoms. The fourth-order valence-corrected chi connectivity index (χ4v) is 2.92. The molecule has 1 N–H and O–H groups in total. The topological polar surface area (TPSA) is 74.7 Å². The van der Waals surface area contributed by atoms with Crippen molar-refractivity contribution in [3.63, 3.8) is 0 Å². The van der Waals surface area contributed by atoms with Gasteiger partial charge in [-0.2, -0.15) is 0 Å². The number of nitrogens with zero attached hydrogens (tertiary/aromatic N) is 1. The summed E-state index contributed by atoms with van der Waals surface area (Å²) in [5.74, 6) is -1.70. The van der Waals surface area contributed by atoms with Crippen molar-refractivity contribution in [3.05, 3.63) is 12.2 Å². The fraction of sp³-hybridized carbons (Fsp3) is 0.643. The third-order valence-electron chi connectivity index (χ3n) is 4.06. The fourth-order valence-electron chi connectivity index (χ4n) is 2.92. The molecule has 1 saturated heterocycles. The van der Waals surface area contributed by atoms with Gasteiger partial charge in [-0.3, -0.25) is 19.3 Å². The molecule has 0 aromatic heterocycles. The van der Waals surface area contributed by atoms with Crippen LogP contribution in [0.1, 0.15) is 39.5 Å². The van der Waals surface area contributed by atoms with Crippen LogP contribution in [0.4, 0.5) is 0 Å². The Bertz CT molecular complexity index is 426. The molecule has 0 saturated carbocycles. The minimum atomic E-state index is -0.911. The van der Waals surface area contributed by atoms with Crippen molar-refractivity contribution in [2.75, 3.05) is 0 Å². The number of aliphatic carboxylic acids is 1. The van der Waals surface area contributed by atoms with Crippen LogP contribution in [0.3, 0.4) is 0 Å². The van der Waals surface area contributed by atoms with Crippen molar-refractivity contribution in [1.82, 2.24) is 4.90 Å². The van der Waals surface area contributed by atoms with Crippen LogP contribution in [0.15, 0.2) is 12.2 Å². The quantitative estimate of drug-likeness (QED) is 0.618. The van der Waals surface area contributed by atoms with E-state index in [1.807, 2.05) is 12.2 Å². The second-order valence-corrected chi connectivity index (χ2v) is 5.87. The van der Waals surface area contributed by atoms with Gasteiger partial charge in [0, 0.05) is 12.0 Å². The molecule has 1 fully saturated rings. The molecule has 0 aromatic rings. The molecular weight excluding hydrogens is 246 g/mol. The molecule has 1 aliphatic carbocycles. The Hall–Kier alpha value is -1.65. The Morgan fingerprint density at radius 3 is 2.16 bits per heavy atom. The Balaban J connectivity index is 2.18. The number of imide groups is 1. The minimum absolute atomic E-state index is 0.0440. The number of hydrogen-bond donors (Lipinski definition) is 1. The number of rotatable bonds is 4. The molecule has 1 heterocycles. The first kappa shape index (κ1) is 13.8. The summed E-state index contributed by atoms with van der Waals surface area (Å²) in [6.07, 6.45) is 5.35. The van der Waals surface area contributed by atoms with Gasteiger partial charge in [0.05, 0.1) is 11.8 Å². The summed E-state index contributed by atoms with van der Waals surface area (Å²) in [6.45, 7) is 3.52. The number of allylic oxidation sites excluding steroid dienone is 2. The van der Waals surface area contributed by atoms with Gasteiger partial charge >= 0.3 is 5.97 Å². The number of carbonyl (C=O) groups excluding carboxylic acids is 2. The Labute approximate surface area is 112 Å². The van der Waals surface area contributed by atoms with E-state index in [-0.39, 0.29) is 36.5 Å². The summed E-state index contributed by atoms with van der Waals surface area (Å²) in [7, 11) is 0. The van der Waals surface area contributed by atoms with E-state index in [2.05, 4.69) is 0 Å². The van der Waals surface area contributed by atoms with E-state index in [1.54, 1.807) is 13.8 Å². The van der Waals surface area contributed by atoms with Crippen molar-refractivity contribution in [2.24, 2.45) is 11.8 Å². The largest absolute Gasteiger partial charge is 0.481 e. The van der Waals surface area contributed by atoms with Crippen LogP contribution in [-0.2, 0) is 14.4 Å². The number of carboxylic acid groups (broad SMARTS) is 1. The van der Waals surface area contributed by atoms with Crippen molar-refractivity contribution in [1.29, 1.82) is 0 Å². The summed E-state index contributed by atoms with van der Waals surface area (Å²) in [6, 6.07) is 0. The molecule has 0 aromatic carbocycles. The third kappa shape index (κ3) is 2.41. The Morgan fingerprint density at radius 1 is 1.26 bits per heavy atom. The number of amides is 2. The van der Waals surface area contributed by atoms with Crippen LogP contribution in [-0.4, -0.2) is 33.3 Å². The number of fused-ring (bicyclic) bond motifs is 1. The van der Waals surface area contributed by atoms with Gasteiger partial charge in [-0.1, -0.05) is 12.2 Å². The maximum atomic E-state index is 12.4. The molecule has 19 heavy (non-hydrogen) atoms. The predicted octanol–water partition coefficient (Wildman–Crippen LogP) is 1.58. The van der Waals surface area contributed by atoms with E-state index in [0.29, 0.717) is 12.8 Å². The lowest BCUT2D eigenvalue weighted by Gasteiger charge is -2.34. The van der Waals surface area contributed by atoms with Gasteiger partial charge in [0.25, 0.3) is 0 Å². The highest BCUT2D eigenvalue weighted by Gasteiger charge is 2.51. The lowest BCUT2D eigenvalue weighted by Crippen LogP contribution is -2.48. The van der Waals surface area contributed by atoms with Gasteiger partial charge in [0.15, 0.2) is 0 Å². The number of carbonyl (C=O) groups is 3. The zero-order chi connectivity index (χ0) is 14.2. The highest BCUT2D eigenvalue weighted by molar-refractivity contribution is 6.06. The maximum Gasteiger partial charge on any atom is 0.303 e. The average molecular weight is 265 g/mol. The summed E-state index contributed by atoms with van der Waals surface area (Å²) in [4.78, 5) is 36.7. The SMILES string of the molecule is CC(C)(CCC(=O)O)N1C(=O)[C@H]2CC=CC[C@H]2C1=O. The molecule has 2 aliphatic rings. The molecule has 2 atom stereocenters. The first-order chi connectivity index (χ1) is 8.84. The van der Waals surface area contributed by atoms with Crippen LogP contribution in [0, 0.1) is 11.8 Å². The lowest BCUT2D eigenvalue weighted by atomic mass is 9.85. The normalized spacial score (nSPS) is 26.7. The molecular formula is C14H19NO4. The highest BCUT2D eigenvalue weighted by Crippen LogP contribution is 2.39. The van der Waals surface area contributed by atoms with Gasteiger partial charge in [-0.25, -0.2) is 0 Å². The smallest absolute Gasteiger partial charge is 0.303 e. The van der Waals surface area contributed by atoms with Gasteiger partial charge in [0.2, 0.25) is 11.8 Å². The zero-order valence-corrected chi connectivity index (χ0v) is 11.3. The molecule has 0 unspecified atom stereocenters. The predicted molar refractivity (Wildman–Crippen MR) is 68.2 cm³/mol. The molecule has 5 nitrogen and oxygen atoms in total. The summed E-state index contributed by atoms with van der Waals surface area (Å²) < 4.78 is 0. The molecule has 5 heteroatoms. The Morgan fingerprint density at radius 2 is 1.74 bits per heavy atom. The van der Waals surface area contributed by atoms with Crippen LogP contribution in [0.5, 0.6) is 0 Å². The average Bonchev–Trinajstić information content (AvgIpc) is 2.61. The molecule has 104 valence electrons. The van der Waals surface area contributed by atoms with Crippen molar-refractivity contribution >= 4 is 17.8 Å². The van der Waals surface area contributed by atoms with Crippen molar-refractivity contribution in [3.8, 4) is 0 Å². The second-order valence-electron chi connectivity index (χ2n) is 5.87. The second kappa shape index (κ2) is 4.79. The van der Waals surface area contributed by atoms with E-state index in [9.17, 15) is 14.4 Å². The van der Waals surface area contributed by atoms with Gasteiger partial charge in [-0.15, -0.1) is 0 Å². The zero-order valence-electron chi connectivity index (χ0n) is 11.3. The first-order valence-corrected chi connectivity index (χ1v) is 6.59. The van der Waals surface area contributed by atoms with E-state index in [4.69, 9.17) is 5.11 Å². The van der Waals surface area contributed by atoms with Crippen LogP contribution in [0.2, 0.25) is 0 Å². The van der Waals surface area contributed by atoms with Crippen molar-refractivity contribution in [2.45, 2.75) is 45.1 Å².